The first-order valence-electron chi connectivity index (χ1n) is 9.52. The lowest BCUT2D eigenvalue weighted by Crippen LogP contribution is -2.46. The molecule has 9 heteroatoms. The summed E-state index contributed by atoms with van der Waals surface area (Å²) in [4.78, 5) is 31.7. The van der Waals surface area contributed by atoms with Crippen LogP contribution in [0.15, 0.2) is 42.6 Å². The number of benzene rings is 1. The van der Waals surface area contributed by atoms with E-state index in [1.807, 2.05) is 18.2 Å². The maximum absolute atomic E-state index is 12.3. The zero-order valence-corrected chi connectivity index (χ0v) is 16.4. The van der Waals surface area contributed by atoms with E-state index in [1.165, 1.54) is 25.3 Å². The number of nitro groups is 1. The smallest absolute Gasteiger partial charge is 0.271 e. The summed E-state index contributed by atoms with van der Waals surface area (Å²) in [5, 5.41) is 13.7. The molecule has 0 atom stereocenters. The summed E-state index contributed by atoms with van der Waals surface area (Å²) in [6, 6.07) is 10.1. The zero-order valence-electron chi connectivity index (χ0n) is 16.4. The molecule has 29 heavy (non-hydrogen) atoms. The molecule has 2 heterocycles. The number of methoxy groups -OCH3 is 1. The standard InChI is InChI=1S/C20H25N5O4/c1-29-19-6-5-17(25(27)28)14-18(19)22-20(26)7-9-23-10-12-24(13-11-23)15-16-4-2-3-8-21-16/h2-6,8,14H,7,9-13,15H2,1H3,(H,22,26). The predicted molar refractivity (Wildman–Crippen MR) is 109 cm³/mol. The minimum absolute atomic E-state index is 0.0925. The summed E-state index contributed by atoms with van der Waals surface area (Å²) >= 11 is 0. The van der Waals surface area contributed by atoms with Gasteiger partial charge in [0, 0.05) is 64.0 Å². The average Bonchev–Trinajstić information content (AvgIpc) is 2.74. The molecule has 1 amide bonds. The van der Waals surface area contributed by atoms with Crippen LogP contribution in [0.5, 0.6) is 5.75 Å². The second kappa shape index (κ2) is 9.94. The maximum atomic E-state index is 12.3. The lowest BCUT2D eigenvalue weighted by Gasteiger charge is -2.34. The second-order valence-corrected chi connectivity index (χ2v) is 6.88. The highest BCUT2D eigenvalue weighted by Gasteiger charge is 2.19. The highest BCUT2D eigenvalue weighted by molar-refractivity contribution is 5.92. The summed E-state index contributed by atoms with van der Waals surface area (Å²) in [6.07, 6.45) is 2.12. The van der Waals surface area contributed by atoms with Crippen LogP contribution in [0, 0.1) is 10.1 Å². The molecule has 0 saturated carbocycles. The molecule has 1 fully saturated rings. The van der Waals surface area contributed by atoms with Gasteiger partial charge in [0.15, 0.2) is 0 Å². The van der Waals surface area contributed by atoms with Gasteiger partial charge >= 0.3 is 0 Å². The van der Waals surface area contributed by atoms with Gasteiger partial charge in [-0.25, -0.2) is 0 Å². The fourth-order valence-corrected chi connectivity index (χ4v) is 3.27. The zero-order chi connectivity index (χ0) is 20.6. The number of ether oxygens (including phenoxy) is 1. The molecule has 0 bridgehead atoms. The van der Waals surface area contributed by atoms with Crippen molar-refractivity contribution in [2.24, 2.45) is 0 Å². The van der Waals surface area contributed by atoms with Crippen LogP contribution in [-0.4, -0.2) is 65.4 Å². The average molecular weight is 399 g/mol. The number of amides is 1. The van der Waals surface area contributed by atoms with Gasteiger partial charge in [0.1, 0.15) is 5.75 Å². The fraction of sp³-hybridized carbons (Fsp3) is 0.400. The van der Waals surface area contributed by atoms with E-state index < -0.39 is 4.92 Å². The lowest BCUT2D eigenvalue weighted by molar-refractivity contribution is -0.384. The number of hydrogen-bond donors (Lipinski definition) is 1. The first-order chi connectivity index (χ1) is 14.0. The molecule has 3 rings (SSSR count). The number of rotatable bonds is 8. The maximum Gasteiger partial charge on any atom is 0.271 e. The number of carbonyl (C=O) groups excluding carboxylic acids is 1. The number of hydrogen-bond acceptors (Lipinski definition) is 7. The number of piperazine rings is 1. The van der Waals surface area contributed by atoms with Crippen molar-refractivity contribution in [3.63, 3.8) is 0 Å². The van der Waals surface area contributed by atoms with Gasteiger partial charge < -0.3 is 15.0 Å². The molecule has 0 radical (unpaired) electrons. The highest BCUT2D eigenvalue weighted by Crippen LogP contribution is 2.28. The Morgan fingerprint density at radius 3 is 2.62 bits per heavy atom. The topological polar surface area (TPSA) is 101 Å². The molecule has 2 aromatic rings. The SMILES string of the molecule is COc1ccc([N+](=O)[O-])cc1NC(=O)CCN1CCN(Cc2ccccn2)CC1. The summed E-state index contributed by atoms with van der Waals surface area (Å²) < 4.78 is 5.18. The minimum Gasteiger partial charge on any atom is -0.495 e. The van der Waals surface area contributed by atoms with Crippen LogP contribution in [-0.2, 0) is 11.3 Å². The molecule has 0 spiro atoms. The largest absolute Gasteiger partial charge is 0.495 e. The van der Waals surface area contributed by atoms with E-state index in [4.69, 9.17) is 4.74 Å². The molecule has 1 saturated heterocycles. The van der Waals surface area contributed by atoms with Crippen molar-refractivity contribution in [3.05, 3.63) is 58.4 Å². The molecule has 1 aliphatic rings. The fourth-order valence-electron chi connectivity index (χ4n) is 3.27. The molecular weight excluding hydrogens is 374 g/mol. The van der Waals surface area contributed by atoms with Gasteiger partial charge in [0.05, 0.1) is 23.4 Å². The molecule has 0 aliphatic carbocycles. The van der Waals surface area contributed by atoms with Gasteiger partial charge in [-0.15, -0.1) is 0 Å². The summed E-state index contributed by atoms with van der Waals surface area (Å²) in [5.74, 6) is 0.201. The minimum atomic E-state index is -0.500. The number of non-ortho nitro benzene ring substituents is 1. The normalized spacial score (nSPS) is 15.1. The van der Waals surface area contributed by atoms with Gasteiger partial charge in [0.2, 0.25) is 5.91 Å². The van der Waals surface area contributed by atoms with Gasteiger partial charge in [-0.2, -0.15) is 0 Å². The Hall–Kier alpha value is -3.04. The molecule has 0 unspecified atom stereocenters. The highest BCUT2D eigenvalue weighted by atomic mass is 16.6. The molecule has 1 N–H and O–H groups in total. The van der Waals surface area contributed by atoms with Crippen LogP contribution < -0.4 is 10.1 Å². The molecule has 1 aromatic carbocycles. The third-order valence-electron chi connectivity index (χ3n) is 4.90. The van der Waals surface area contributed by atoms with Crippen molar-refractivity contribution >= 4 is 17.3 Å². The van der Waals surface area contributed by atoms with Crippen molar-refractivity contribution in [1.29, 1.82) is 0 Å². The van der Waals surface area contributed by atoms with E-state index in [0.717, 1.165) is 38.4 Å². The molecule has 9 nitrogen and oxygen atoms in total. The van der Waals surface area contributed by atoms with E-state index >= 15 is 0 Å². The predicted octanol–water partition coefficient (Wildman–Crippen LogP) is 2.14. The van der Waals surface area contributed by atoms with Gasteiger partial charge in [-0.05, 0) is 18.2 Å². The monoisotopic (exact) mass is 399 g/mol. The Labute approximate surface area is 169 Å². The van der Waals surface area contributed by atoms with Crippen LogP contribution >= 0.6 is 0 Å². The number of anilines is 1. The van der Waals surface area contributed by atoms with Crippen molar-refractivity contribution in [2.45, 2.75) is 13.0 Å². The molecule has 1 aromatic heterocycles. The number of pyridine rings is 1. The summed E-state index contributed by atoms with van der Waals surface area (Å²) in [5.41, 5.74) is 1.28. The van der Waals surface area contributed by atoms with Crippen molar-refractivity contribution < 1.29 is 14.5 Å². The van der Waals surface area contributed by atoms with Crippen LogP contribution in [0.1, 0.15) is 12.1 Å². The third-order valence-corrected chi connectivity index (χ3v) is 4.90. The van der Waals surface area contributed by atoms with Crippen LogP contribution in [0.25, 0.3) is 0 Å². The molecule has 1 aliphatic heterocycles. The Kier molecular flexibility index (Phi) is 7.09. The first-order valence-corrected chi connectivity index (χ1v) is 9.52. The van der Waals surface area contributed by atoms with Crippen LogP contribution in [0.3, 0.4) is 0 Å². The van der Waals surface area contributed by atoms with E-state index in [2.05, 4.69) is 20.1 Å². The summed E-state index contributed by atoms with van der Waals surface area (Å²) in [7, 11) is 1.46. The van der Waals surface area contributed by atoms with Crippen molar-refractivity contribution in [1.82, 2.24) is 14.8 Å². The third kappa shape index (κ3) is 5.97. The Balaban J connectivity index is 1.45. The Morgan fingerprint density at radius 2 is 1.97 bits per heavy atom. The van der Waals surface area contributed by atoms with E-state index in [0.29, 0.717) is 24.4 Å². The Bertz CT molecular complexity index is 838. The number of nitrogens with zero attached hydrogens (tertiary/aromatic N) is 4. The summed E-state index contributed by atoms with van der Waals surface area (Å²) in [6.45, 7) is 5.11. The van der Waals surface area contributed by atoms with Crippen LogP contribution in [0.2, 0.25) is 0 Å². The first kappa shape index (κ1) is 20.7. The number of nitrogens with one attached hydrogen (secondary N) is 1. The van der Waals surface area contributed by atoms with Crippen LogP contribution in [0.4, 0.5) is 11.4 Å². The van der Waals surface area contributed by atoms with E-state index in [-0.39, 0.29) is 11.6 Å². The molecule has 154 valence electrons. The number of aromatic nitrogens is 1. The number of nitro benzene ring substituents is 1. The lowest BCUT2D eigenvalue weighted by atomic mass is 10.2. The van der Waals surface area contributed by atoms with Gasteiger partial charge in [-0.1, -0.05) is 6.07 Å². The quantitative estimate of drug-likeness (QED) is 0.536. The van der Waals surface area contributed by atoms with E-state index in [1.54, 1.807) is 6.20 Å². The van der Waals surface area contributed by atoms with Gasteiger partial charge in [-0.3, -0.25) is 24.8 Å². The van der Waals surface area contributed by atoms with Crippen molar-refractivity contribution in [3.8, 4) is 5.75 Å². The van der Waals surface area contributed by atoms with E-state index in [9.17, 15) is 14.9 Å². The second-order valence-electron chi connectivity index (χ2n) is 6.88. The van der Waals surface area contributed by atoms with Gasteiger partial charge in [0.25, 0.3) is 5.69 Å². The number of carbonyl (C=O) groups is 1. The Morgan fingerprint density at radius 1 is 1.21 bits per heavy atom. The molecular formula is C20H25N5O4. The van der Waals surface area contributed by atoms with Crippen molar-refractivity contribution in [2.75, 3.05) is 45.2 Å².